The number of amides is 3. The zero-order chi connectivity index (χ0) is 20.3. The van der Waals surface area contributed by atoms with Crippen molar-refractivity contribution < 1.29 is 28.7 Å². The highest BCUT2D eigenvalue weighted by atomic mass is 16.5. The van der Waals surface area contributed by atoms with E-state index in [0.717, 1.165) is 17.7 Å². The predicted molar refractivity (Wildman–Crippen MR) is 99.7 cm³/mol. The summed E-state index contributed by atoms with van der Waals surface area (Å²) in [4.78, 5) is 51.9. The zero-order valence-electron chi connectivity index (χ0n) is 16.1. The van der Waals surface area contributed by atoms with Gasteiger partial charge in [0.1, 0.15) is 6.04 Å². The van der Waals surface area contributed by atoms with Gasteiger partial charge in [-0.15, -0.1) is 0 Å². The van der Waals surface area contributed by atoms with Crippen molar-refractivity contribution in [2.75, 3.05) is 24.7 Å². The molecule has 2 heterocycles. The molecule has 1 aromatic rings. The first-order valence-corrected chi connectivity index (χ1v) is 9.45. The second-order valence-electron chi connectivity index (χ2n) is 6.86. The molecule has 8 nitrogen and oxygen atoms in total. The minimum absolute atomic E-state index is 0.0647. The summed E-state index contributed by atoms with van der Waals surface area (Å²) in [5.41, 5.74) is 0.705. The van der Waals surface area contributed by atoms with E-state index < -0.39 is 17.9 Å². The molecule has 2 aliphatic rings. The van der Waals surface area contributed by atoms with Gasteiger partial charge in [-0.25, -0.2) is 9.69 Å². The van der Waals surface area contributed by atoms with Gasteiger partial charge < -0.3 is 14.4 Å². The van der Waals surface area contributed by atoms with E-state index in [-0.39, 0.29) is 30.9 Å². The average molecular weight is 388 g/mol. The van der Waals surface area contributed by atoms with E-state index in [1.807, 2.05) is 0 Å². The van der Waals surface area contributed by atoms with E-state index >= 15 is 0 Å². The number of anilines is 1. The Bertz CT molecular complexity index is 769. The molecule has 0 N–H and O–H groups in total. The van der Waals surface area contributed by atoms with E-state index in [9.17, 15) is 19.2 Å². The van der Waals surface area contributed by atoms with Crippen LogP contribution in [-0.4, -0.2) is 60.5 Å². The van der Waals surface area contributed by atoms with Crippen molar-refractivity contribution in [2.24, 2.45) is 0 Å². The lowest BCUT2D eigenvalue weighted by Gasteiger charge is -2.28. The van der Waals surface area contributed by atoms with Crippen LogP contribution in [0, 0.1) is 0 Å². The average Bonchev–Trinajstić information content (AvgIpc) is 3.27. The molecule has 0 aromatic heterocycles. The van der Waals surface area contributed by atoms with Gasteiger partial charge in [-0.05, 0) is 44.0 Å². The van der Waals surface area contributed by atoms with Crippen molar-refractivity contribution in [2.45, 2.75) is 45.3 Å². The molecule has 1 aromatic carbocycles. The van der Waals surface area contributed by atoms with Crippen LogP contribution in [-0.2, 0) is 23.9 Å². The summed E-state index contributed by atoms with van der Waals surface area (Å²) in [6.45, 7) is 4.31. The molecule has 2 saturated heterocycles. The molecule has 28 heavy (non-hydrogen) atoms. The maximum Gasteiger partial charge on any atom is 0.338 e. The van der Waals surface area contributed by atoms with Gasteiger partial charge in [-0.2, -0.15) is 0 Å². The second-order valence-corrected chi connectivity index (χ2v) is 6.86. The van der Waals surface area contributed by atoms with Crippen LogP contribution in [0.3, 0.4) is 0 Å². The SMILES string of the molecule is CCOC(=O)c1ccc(N2C(=O)CC(N(CC3CCCO3)C(C)=O)C2=O)cc1. The number of carbonyl (C=O) groups is 4. The smallest absolute Gasteiger partial charge is 0.338 e. The van der Waals surface area contributed by atoms with Crippen LogP contribution in [0.25, 0.3) is 0 Å². The topological polar surface area (TPSA) is 93.2 Å². The Kier molecular flexibility index (Phi) is 6.08. The fourth-order valence-corrected chi connectivity index (χ4v) is 3.57. The highest BCUT2D eigenvalue weighted by Gasteiger charge is 2.44. The zero-order valence-corrected chi connectivity index (χ0v) is 16.1. The minimum Gasteiger partial charge on any atom is -0.462 e. The van der Waals surface area contributed by atoms with E-state index in [1.165, 1.54) is 36.1 Å². The third kappa shape index (κ3) is 4.06. The normalized spacial score (nSPS) is 21.9. The minimum atomic E-state index is -0.834. The molecule has 0 radical (unpaired) electrons. The molecule has 3 amide bonds. The van der Waals surface area contributed by atoms with Crippen molar-refractivity contribution >= 4 is 29.4 Å². The van der Waals surface area contributed by atoms with Crippen molar-refractivity contribution in [3.05, 3.63) is 29.8 Å². The Morgan fingerprint density at radius 1 is 1.25 bits per heavy atom. The fourth-order valence-electron chi connectivity index (χ4n) is 3.57. The van der Waals surface area contributed by atoms with Gasteiger partial charge in [-0.1, -0.05) is 0 Å². The molecule has 0 spiro atoms. The second kappa shape index (κ2) is 8.52. The Morgan fingerprint density at radius 2 is 1.96 bits per heavy atom. The van der Waals surface area contributed by atoms with Crippen LogP contribution in [0.1, 0.15) is 43.5 Å². The number of imide groups is 1. The van der Waals surface area contributed by atoms with Gasteiger partial charge in [0.25, 0.3) is 5.91 Å². The molecule has 150 valence electrons. The standard InChI is InChI=1S/C20H24N2O6/c1-3-27-20(26)14-6-8-15(9-7-14)22-18(24)11-17(19(22)25)21(13(2)23)12-16-5-4-10-28-16/h6-9,16-17H,3-5,10-12H2,1-2H3. The number of hydrogen-bond acceptors (Lipinski definition) is 6. The molecule has 0 bridgehead atoms. The molecular formula is C20H24N2O6. The Balaban J connectivity index is 1.76. The Hall–Kier alpha value is -2.74. The first-order chi connectivity index (χ1) is 13.4. The summed E-state index contributed by atoms with van der Waals surface area (Å²) in [7, 11) is 0. The predicted octanol–water partition coefficient (Wildman–Crippen LogP) is 1.52. The molecule has 2 aliphatic heterocycles. The summed E-state index contributed by atoms with van der Waals surface area (Å²) in [5, 5.41) is 0. The number of hydrogen-bond donors (Lipinski definition) is 0. The number of benzene rings is 1. The van der Waals surface area contributed by atoms with Gasteiger partial charge in [0.05, 0.1) is 30.4 Å². The number of esters is 1. The lowest BCUT2D eigenvalue weighted by atomic mass is 10.1. The van der Waals surface area contributed by atoms with Crippen molar-refractivity contribution in [1.29, 1.82) is 0 Å². The molecular weight excluding hydrogens is 364 g/mol. The maximum absolute atomic E-state index is 12.9. The summed E-state index contributed by atoms with van der Waals surface area (Å²) < 4.78 is 10.5. The highest BCUT2D eigenvalue weighted by Crippen LogP contribution is 2.27. The van der Waals surface area contributed by atoms with Gasteiger partial charge in [-0.3, -0.25) is 14.4 Å². The monoisotopic (exact) mass is 388 g/mol. The molecule has 0 saturated carbocycles. The van der Waals surface area contributed by atoms with Crippen molar-refractivity contribution in [1.82, 2.24) is 4.90 Å². The van der Waals surface area contributed by atoms with Crippen molar-refractivity contribution in [3.8, 4) is 0 Å². The third-order valence-corrected chi connectivity index (χ3v) is 4.96. The quantitative estimate of drug-likeness (QED) is 0.542. The maximum atomic E-state index is 12.9. The number of ether oxygens (including phenoxy) is 2. The number of rotatable bonds is 6. The third-order valence-electron chi connectivity index (χ3n) is 4.96. The number of nitrogens with zero attached hydrogens (tertiary/aromatic N) is 2. The molecule has 2 atom stereocenters. The van der Waals surface area contributed by atoms with E-state index in [4.69, 9.17) is 9.47 Å². The molecule has 2 unspecified atom stereocenters. The Morgan fingerprint density at radius 3 is 2.54 bits per heavy atom. The van der Waals surface area contributed by atoms with Gasteiger partial charge in [0.2, 0.25) is 11.8 Å². The van der Waals surface area contributed by atoms with E-state index in [0.29, 0.717) is 24.4 Å². The van der Waals surface area contributed by atoms with Crippen LogP contribution in [0.5, 0.6) is 0 Å². The highest BCUT2D eigenvalue weighted by molar-refractivity contribution is 6.23. The van der Waals surface area contributed by atoms with Crippen LogP contribution >= 0.6 is 0 Å². The first kappa shape index (κ1) is 20.0. The lowest BCUT2D eigenvalue weighted by molar-refractivity contribution is -0.138. The van der Waals surface area contributed by atoms with Gasteiger partial charge in [0, 0.05) is 20.1 Å². The summed E-state index contributed by atoms with van der Waals surface area (Å²) in [6, 6.07) is 5.25. The Labute approximate surface area is 163 Å². The van der Waals surface area contributed by atoms with Crippen molar-refractivity contribution in [3.63, 3.8) is 0 Å². The molecule has 8 heteroatoms. The van der Waals surface area contributed by atoms with Crippen LogP contribution in [0.2, 0.25) is 0 Å². The summed E-state index contributed by atoms with van der Waals surface area (Å²) >= 11 is 0. The molecule has 0 aliphatic carbocycles. The van der Waals surface area contributed by atoms with Gasteiger partial charge in [0.15, 0.2) is 0 Å². The van der Waals surface area contributed by atoms with Crippen LogP contribution in [0.4, 0.5) is 5.69 Å². The lowest BCUT2D eigenvalue weighted by Crippen LogP contribution is -2.47. The molecule has 3 rings (SSSR count). The van der Waals surface area contributed by atoms with Crippen LogP contribution in [0.15, 0.2) is 24.3 Å². The number of carbonyl (C=O) groups excluding carboxylic acids is 4. The first-order valence-electron chi connectivity index (χ1n) is 9.45. The van der Waals surface area contributed by atoms with E-state index in [2.05, 4.69) is 0 Å². The molecule has 2 fully saturated rings. The van der Waals surface area contributed by atoms with E-state index in [1.54, 1.807) is 6.92 Å². The van der Waals surface area contributed by atoms with Gasteiger partial charge >= 0.3 is 5.97 Å². The fraction of sp³-hybridized carbons (Fsp3) is 0.500. The summed E-state index contributed by atoms with van der Waals surface area (Å²) in [6.07, 6.45) is 1.58. The summed E-state index contributed by atoms with van der Waals surface area (Å²) in [5.74, 6) is -1.55. The largest absolute Gasteiger partial charge is 0.462 e. The van der Waals surface area contributed by atoms with Crippen LogP contribution < -0.4 is 4.90 Å².